The van der Waals surface area contributed by atoms with Crippen molar-refractivity contribution in [2.75, 3.05) is 4.90 Å². The number of allylic oxidation sites excluding steroid dienone is 5. The predicted octanol–water partition coefficient (Wildman–Crippen LogP) is 14.2. The molecule has 0 spiro atoms. The third-order valence-corrected chi connectivity index (χ3v) is 11.1. The molecule has 9 aromatic rings. The number of nitrogens with two attached hydrogens (primary N) is 1. The van der Waals surface area contributed by atoms with Crippen molar-refractivity contribution >= 4 is 49.6 Å². The maximum Gasteiger partial charge on any atom is 0.151 e. The zero-order chi connectivity index (χ0) is 39.0. The average Bonchev–Trinajstić information content (AvgIpc) is 3.47. The molecule has 1 aliphatic heterocycles. The SMILES string of the molecule is Cc1ccc(-n2c3cccc(-c4ccc5c(c4)N(c4ccccc4)c4ccccc4O5)c3c3c4ccccc4ccc32)cc1.NC1=CC(c2ccccc2)C=CC=C1. The van der Waals surface area contributed by atoms with Gasteiger partial charge in [-0.15, -0.1) is 0 Å². The monoisotopic (exact) mass is 747 g/mol. The summed E-state index contributed by atoms with van der Waals surface area (Å²) >= 11 is 0. The molecule has 8 aromatic carbocycles. The Morgan fingerprint density at radius 1 is 0.552 bits per heavy atom. The summed E-state index contributed by atoms with van der Waals surface area (Å²) in [5.74, 6) is 1.99. The molecular weight excluding hydrogens is 707 g/mol. The molecule has 4 nitrogen and oxygen atoms in total. The van der Waals surface area contributed by atoms with Gasteiger partial charge in [0.1, 0.15) is 0 Å². The topological polar surface area (TPSA) is 43.4 Å². The van der Waals surface area contributed by atoms with E-state index in [-0.39, 0.29) is 0 Å². The van der Waals surface area contributed by atoms with E-state index < -0.39 is 0 Å². The van der Waals surface area contributed by atoms with E-state index >= 15 is 0 Å². The van der Waals surface area contributed by atoms with Gasteiger partial charge in [-0.2, -0.15) is 0 Å². The molecule has 0 saturated heterocycles. The standard InChI is InChI=1S/C41H28N2O.C13H13N/c1-27-18-22-31(23-19-27)43-35-16-9-14-33(41(35)40-32-13-6-5-10-28(32)20-24-36(40)43)29-21-25-39-37(26-29)42(30-11-3-2-4-12-30)34-15-7-8-17-38(34)44-39;14-13-9-5-4-8-12(10-13)11-6-2-1-3-7-11/h2-26H,1H3;1-10,12H,14H2. The molecule has 2 aliphatic rings. The van der Waals surface area contributed by atoms with Crippen LogP contribution >= 0.6 is 0 Å². The van der Waals surface area contributed by atoms with Crippen LogP contribution < -0.4 is 15.4 Å². The molecule has 0 radical (unpaired) electrons. The molecule has 4 heteroatoms. The molecule has 2 heterocycles. The Bertz CT molecular complexity index is 3050. The van der Waals surface area contributed by atoms with Gasteiger partial charge in [-0.1, -0.05) is 151 Å². The zero-order valence-electron chi connectivity index (χ0n) is 32.2. The summed E-state index contributed by atoms with van der Waals surface area (Å²) in [5.41, 5.74) is 18.2. The van der Waals surface area contributed by atoms with Crippen LogP contribution in [0.15, 0.2) is 218 Å². The van der Waals surface area contributed by atoms with Crippen LogP contribution in [0.25, 0.3) is 49.4 Å². The number of hydrogen-bond acceptors (Lipinski definition) is 3. The molecule has 0 fully saturated rings. The summed E-state index contributed by atoms with van der Waals surface area (Å²) in [5, 5.41) is 5.02. The highest BCUT2D eigenvalue weighted by Crippen LogP contribution is 2.52. The summed E-state index contributed by atoms with van der Waals surface area (Å²) in [4.78, 5) is 2.31. The lowest BCUT2D eigenvalue weighted by molar-refractivity contribution is 0.477. The summed E-state index contributed by atoms with van der Waals surface area (Å²) in [6.45, 7) is 2.14. The van der Waals surface area contributed by atoms with Gasteiger partial charge in [0.15, 0.2) is 11.5 Å². The first kappa shape index (κ1) is 34.9. The summed E-state index contributed by atoms with van der Waals surface area (Å²) in [6, 6.07) is 64.5. The summed E-state index contributed by atoms with van der Waals surface area (Å²) in [7, 11) is 0. The maximum absolute atomic E-state index is 6.46. The fourth-order valence-electron chi connectivity index (χ4n) is 8.37. The number of aryl methyl sites for hydroxylation is 1. The van der Waals surface area contributed by atoms with Gasteiger partial charge in [-0.05, 0) is 101 Å². The van der Waals surface area contributed by atoms with Gasteiger partial charge < -0.3 is 19.9 Å². The molecule has 0 amide bonds. The van der Waals surface area contributed by atoms with Crippen LogP contribution in [0.1, 0.15) is 17.0 Å². The number of para-hydroxylation sites is 3. The molecule has 11 rings (SSSR count). The second kappa shape index (κ2) is 14.8. The van der Waals surface area contributed by atoms with E-state index in [9.17, 15) is 0 Å². The van der Waals surface area contributed by atoms with E-state index in [1.807, 2.05) is 48.6 Å². The highest BCUT2D eigenvalue weighted by molar-refractivity contribution is 6.25. The van der Waals surface area contributed by atoms with E-state index in [1.165, 1.54) is 49.3 Å². The number of nitrogens with zero attached hydrogens (tertiary/aromatic N) is 2. The van der Waals surface area contributed by atoms with E-state index in [0.29, 0.717) is 5.92 Å². The van der Waals surface area contributed by atoms with Crippen molar-refractivity contribution in [1.29, 1.82) is 0 Å². The third kappa shape index (κ3) is 6.31. The minimum absolute atomic E-state index is 0.297. The number of rotatable bonds is 4. The first-order valence-corrected chi connectivity index (χ1v) is 19.8. The van der Waals surface area contributed by atoms with Crippen molar-refractivity contribution in [1.82, 2.24) is 4.57 Å². The molecule has 278 valence electrons. The molecule has 1 aromatic heterocycles. The normalized spacial score (nSPS) is 14.3. The first-order valence-electron chi connectivity index (χ1n) is 19.8. The van der Waals surface area contributed by atoms with E-state index in [4.69, 9.17) is 10.5 Å². The highest BCUT2D eigenvalue weighted by Gasteiger charge is 2.27. The van der Waals surface area contributed by atoms with Gasteiger partial charge in [0.25, 0.3) is 0 Å². The van der Waals surface area contributed by atoms with Gasteiger partial charge in [0.05, 0.1) is 22.4 Å². The molecule has 0 saturated carbocycles. The Hall–Kier alpha value is -7.56. The van der Waals surface area contributed by atoms with Gasteiger partial charge in [0.2, 0.25) is 0 Å². The second-order valence-electron chi connectivity index (χ2n) is 14.8. The van der Waals surface area contributed by atoms with E-state index in [0.717, 1.165) is 45.5 Å². The lowest BCUT2D eigenvalue weighted by Crippen LogP contribution is -2.15. The highest BCUT2D eigenvalue weighted by atomic mass is 16.5. The Labute approximate surface area is 338 Å². The molecule has 1 atom stereocenters. The van der Waals surface area contributed by atoms with E-state index in [2.05, 4.69) is 180 Å². The van der Waals surface area contributed by atoms with Crippen LogP contribution in [-0.4, -0.2) is 4.57 Å². The van der Waals surface area contributed by atoms with Crippen molar-refractivity contribution < 1.29 is 4.74 Å². The lowest BCUT2D eigenvalue weighted by atomic mass is 9.96. The van der Waals surface area contributed by atoms with Crippen molar-refractivity contribution in [3.8, 4) is 28.3 Å². The van der Waals surface area contributed by atoms with Gasteiger partial charge in [-0.25, -0.2) is 0 Å². The Kier molecular flexibility index (Phi) is 8.92. The Balaban J connectivity index is 0.000000247. The molecule has 1 aliphatic carbocycles. The number of ether oxygens (including phenoxy) is 1. The van der Waals surface area contributed by atoms with Gasteiger partial charge in [-0.3, -0.25) is 0 Å². The first-order chi connectivity index (χ1) is 28.6. The smallest absolute Gasteiger partial charge is 0.151 e. The van der Waals surface area contributed by atoms with Crippen molar-refractivity contribution in [2.45, 2.75) is 12.8 Å². The molecular formula is C54H41N3O. The minimum Gasteiger partial charge on any atom is -0.453 e. The van der Waals surface area contributed by atoms with Crippen molar-refractivity contribution in [2.24, 2.45) is 5.73 Å². The number of fused-ring (bicyclic) bond motifs is 7. The van der Waals surface area contributed by atoms with Gasteiger partial charge >= 0.3 is 0 Å². The largest absolute Gasteiger partial charge is 0.453 e. The lowest BCUT2D eigenvalue weighted by Gasteiger charge is -2.33. The molecule has 1 unspecified atom stereocenters. The maximum atomic E-state index is 6.46. The molecule has 58 heavy (non-hydrogen) atoms. The quantitative estimate of drug-likeness (QED) is 0.195. The Morgan fingerprint density at radius 3 is 2.12 bits per heavy atom. The van der Waals surface area contributed by atoms with E-state index in [1.54, 1.807) is 0 Å². The van der Waals surface area contributed by atoms with Gasteiger partial charge in [0, 0.05) is 33.8 Å². The Morgan fingerprint density at radius 2 is 1.28 bits per heavy atom. The van der Waals surface area contributed by atoms with Crippen LogP contribution in [0, 0.1) is 6.92 Å². The van der Waals surface area contributed by atoms with Crippen LogP contribution in [-0.2, 0) is 0 Å². The fourth-order valence-corrected chi connectivity index (χ4v) is 8.37. The van der Waals surface area contributed by atoms with Crippen LogP contribution in [0.2, 0.25) is 0 Å². The van der Waals surface area contributed by atoms with Crippen LogP contribution in [0.3, 0.4) is 0 Å². The number of aromatic nitrogens is 1. The number of hydrogen-bond donors (Lipinski definition) is 1. The fraction of sp³-hybridized carbons (Fsp3) is 0.0370. The molecule has 0 bridgehead atoms. The summed E-state index contributed by atoms with van der Waals surface area (Å²) < 4.78 is 8.87. The van der Waals surface area contributed by atoms with Crippen molar-refractivity contribution in [3.05, 3.63) is 229 Å². The number of anilines is 3. The minimum atomic E-state index is 0.297. The average molecular weight is 748 g/mol. The summed E-state index contributed by atoms with van der Waals surface area (Å²) in [6.07, 6.45) is 10.1. The van der Waals surface area contributed by atoms with Crippen LogP contribution in [0.4, 0.5) is 17.1 Å². The molecule has 2 N–H and O–H groups in total. The zero-order valence-corrected chi connectivity index (χ0v) is 32.2. The third-order valence-electron chi connectivity index (χ3n) is 11.1. The predicted molar refractivity (Wildman–Crippen MR) is 243 cm³/mol. The van der Waals surface area contributed by atoms with Crippen LogP contribution in [0.5, 0.6) is 11.5 Å². The number of benzene rings is 8. The second-order valence-corrected chi connectivity index (χ2v) is 14.8. The van der Waals surface area contributed by atoms with Crippen molar-refractivity contribution in [3.63, 3.8) is 0 Å².